The van der Waals surface area contributed by atoms with Gasteiger partial charge in [-0.1, -0.05) is 26.7 Å². The Kier molecular flexibility index (Phi) is 6.00. The first-order chi connectivity index (χ1) is 10.2. The van der Waals surface area contributed by atoms with Crippen LogP contribution in [0.15, 0.2) is 18.2 Å². The zero-order valence-electron chi connectivity index (χ0n) is 13.0. The molecule has 0 bridgehead atoms. The van der Waals surface area contributed by atoms with E-state index in [0.717, 1.165) is 38.8 Å². The number of aliphatic hydroxyl groups is 1. The fraction of sp³-hybridized carbons (Fsp3) is 0.647. The van der Waals surface area contributed by atoms with Gasteiger partial charge < -0.3 is 9.84 Å². The Hall–Kier alpha value is -1.13. The highest BCUT2D eigenvalue weighted by Gasteiger charge is 2.33. The predicted molar refractivity (Wildman–Crippen MR) is 82.0 cm³/mol. The van der Waals surface area contributed by atoms with Crippen LogP contribution in [0.5, 0.6) is 5.75 Å². The number of unbranched alkanes of at least 4 members (excludes halogenated alkanes) is 2. The molecule has 1 heterocycles. The summed E-state index contributed by atoms with van der Waals surface area (Å²) in [6.07, 6.45) is 3.76. The van der Waals surface area contributed by atoms with Crippen LogP contribution in [0, 0.1) is 5.82 Å². The van der Waals surface area contributed by atoms with Crippen LogP contribution < -0.4 is 4.74 Å². The lowest BCUT2D eigenvalue weighted by Gasteiger charge is -2.38. The lowest BCUT2D eigenvalue weighted by atomic mass is 9.97. The molecule has 0 saturated heterocycles. The third kappa shape index (κ3) is 3.95. The van der Waals surface area contributed by atoms with E-state index in [1.807, 2.05) is 0 Å². The van der Waals surface area contributed by atoms with Crippen molar-refractivity contribution in [3.8, 4) is 5.75 Å². The zero-order valence-corrected chi connectivity index (χ0v) is 13.0. The van der Waals surface area contributed by atoms with Crippen LogP contribution >= 0.6 is 0 Å². The quantitative estimate of drug-likeness (QED) is 0.835. The van der Waals surface area contributed by atoms with Crippen molar-refractivity contribution in [1.82, 2.24) is 4.90 Å². The number of halogens is 1. The number of aliphatic hydroxyl groups excluding tert-OH is 1. The van der Waals surface area contributed by atoms with E-state index in [4.69, 9.17) is 4.74 Å². The molecule has 3 nitrogen and oxygen atoms in total. The average molecular weight is 295 g/mol. The third-order valence-corrected chi connectivity index (χ3v) is 4.13. The summed E-state index contributed by atoms with van der Waals surface area (Å²) in [5.41, 5.74) is 0.573. The van der Waals surface area contributed by atoms with E-state index in [9.17, 15) is 9.50 Å². The minimum atomic E-state index is -0.682. The van der Waals surface area contributed by atoms with Crippen molar-refractivity contribution in [2.24, 2.45) is 0 Å². The van der Waals surface area contributed by atoms with Gasteiger partial charge in [0.2, 0.25) is 0 Å². The lowest BCUT2D eigenvalue weighted by molar-refractivity contribution is 0.00190. The highest BCUT2D eigenvalue weighted by atomic mass is 19.1. The maximum atomic E-state index is 13.4. The fourth-order valence-electron chi connectivity index (χ4n) is 2.83. The molecule has 21 heavy (non-hydrogen) atoms. The molecule has 0 amide bonds. The lowest BCUT2D eigenvalue weighted by Crippen LogP contribution is -2.46. The number of rotatable bonds is 7. The minimum Gasteiger partial charge on any atom is -0.491 e. The van der Waals surface area contributed by atoms with Gasteiger partial charge in [-0.05, 0) is 44.1 Å². The molecule has 1 aromatic rings. The summed E-state index contributed by atoms with van der Waals surface area (Å²) >= 11 is 0. The molecule has 1 N–H and O–H groups in total. The second-order valence-corrected chi connectivity index (χ2v) is 5.75. The van der Waals surface area contributed by atoms with Gasteiger partial charge in [-0.3, -0.25) is 4.90 Å². The van der Waals surface area contributed by atoms with Crippen molar-refractivity contribution in [2.45, 2.75) is 51.7 Å². The van der Waals surface area contributed by atoms with Crippen molar-refractivity contribution >= 4 is 0 Å². The van der Waals surface area contributed by atoms with Crippen LogP contribution in [-0.2, 0) is 0 Å². The van der Waals surface area contributed by atoms with Gasteiger partial charge in [0.05, 0.1) is 6.04 Å². The van der Waals surface area contributed by atoms with Crippen LogP contribution in [-0.4, -0.2) is 35.7 Å². The van der Waals surface area contributed by atoms with E-state index >= 15 is 0 Å². The zero-order chi connectivity index (χ0) is 15.2. The van der Waals surface area contributed by atoms with Crippen molar-refractivity contribution < 1.29 is 14.2 Å². The van der Waals surface area contributed by atoms with Gasteiger partial charge in [-0.15, -0.1) is 0 Å². The Balaban J connectivity index is 2.14. The van der Waals surface area contributed by atoms with Crippen LogP contribution in [0.25, 0.3) is 0 Å². The SMILES string of the molecule is CCCCN(CCCC)C1COc2ccc(F)cc2C1O. The molecule has 0 fully saturated rings. The maximum Gasteiger partial charge on any atom is 0.125 e. The smallest absolute Gasteiger partial charge is 0.125 e. The Morgan fingerprint density at radius 2 is 1.90 bits per heavy atom. The van der Waals surface area contributed by atoms with E-state index in [0.29, 0.717) is 17.9 Å². The van der Waals surface area contributed by atoms with Gasteiger partial charge in [-0.25, -0.2) is 4.39 Å². The van der Waals surface area contributed by atoms with Crippen LogP contribution in [0.2, 0.25) is 0 Å². The van der Waals surface area contributed by atoms with Gasteiger partial charge in [0.1, 0.15) is 24.3 Å². The normalized spacial score (nSPS) is 21.2. The molecule has 0 aromatic heterocycles. The van der Waals surface area contributed by atoms with Gasteiger partial charge >= 0.3 is 0 Å². The molecule has 4 heteroatoms. The van der Waals surface area contributed by atoms with E-state index in [-0.39, 0.29) is 11.9 Å². The molecule has 1 aliphatic heterocycles. The first kappa shape index (κ1) is 16.2. The molecule has 2 rings (SSSR count). The topological polar surface area (TPSA) is 32.7 Å². The van der Waals surface area contributed by atoms with Gasteiger partial charge in [0.25, 0.3) is 0 Å². The summed E-state index contributed by atoms with van der Waals surface area (Å²) in [5, 5.41) is 10.6. The van der Waals surface area contributed by atoms with E-state index in [1.165, 1.54) is 12.1 Å². The molecule has 118 valence electrons. The van der Waals surface area contributed by atoms with Crippen molar-refractivity contribution in [3.05, 3.63) is 29.6 Å². The molecule has 0 radical (unpaired) electrons. The largest absolute Gasteiger partial charge is 0.491 e. The maximum absolute atomic E-state index is 13.4. The Morgan fingerprint density at radius 1 is 1.24 bits per heavy atom. The number of hydrogen-bond donors (Lipinski definition) is 1. The summed E-state index contributed by atoms with van der Waals surface area (Å²) in [5.74, 6) is 0.275. The Labute approximate surface area is 126 Å². The van der Waals surface area contributed by atoms with Gasteiger partial charge in [0, 0.05) is 5.56 Å². The van der Waals surface area contributed by atoms with Crippen molar-refractivity contribution in [1.29, 1.82) is 0 Å². The predicted octanol–water partition coefficient (Wildman–Crippen LogP) is 3.52. The van der Waals surface area contributed by atoms with Crippen molar-refractivity contribution in [2.75, 3.05) is 19.7 Å². The van der Waals surface area contributed by atoms with Crippen LogP contribution in [0.1, 0.15) is 51.2 Å². The highest BCUT2D eigenvalue weighted by molar-refractivity contribution is 5.38. The average Bonchev–Trinajstić information content (AvgIpc) is 2.49. The van der Waals surface area contributed by atoms with E-state index in [1.54, 1.807) is 6.07 Å². The van der Waals surface area contributed by atoms with Crippen LogP contribution in [0.4, 0.5) is 4.39 Å². The van der Waals surface area contributed by atoms with Crippen molar-refractivity contribution in [3.63, 3.8) is 0 Å². The molecule has 1 aliphatic rings. The second-order valence-electron chi connectivity index (χ2n) is 5.75. The minimum absolute atomic E-state index is 0.0857. The number of ether oxygens (including phenoxy) is 1. The summed E-state index contributed by atoms with van der Waals surface area (Å²) < 4.78 is 19.2. The summed E-state index contributed by atoms with van der Waals surface area (Å²) in [4.78, 5) is 2.30. The summed E-state index contributed by atoms with van der Waals surface area (Å²) in [6, 6.07) is 4.28. The Bertz CT molecular complexity index is 444. The molecule has 0 aliphatic carbocycles. The number of fused-ring (bicyclic) bond motifs is 1. The molecule has 2 atom stereocenters. The molecular formula is C17H26FNO2. The van der Waals surface area contributed by atoms with Crippen LogP contribution in [0.3, 0.4) is 0 Å². The molecule has 2 unspecified atom stereocenters. The molecule has 0 spiro atoms. The molecule has 0 saturated carbocycles. The van der Waals surface area contributed by atoms with E-state index < -0.39 is 6.10 Å². The number of hydrogen-bond acceptors (Lipinski definition) is 3. The fourth-order valence-corrected chi connectivity index (χ4v) is 2.83. The third-order valence-electron chi connectivity index (χ3n) is 4.13. The highest BCUT2D eigenvalue weighted by Crippen LogP contribution is 2.34. The second kappa shape index (κ2) is 7.76. The van der Waals surface area contributed by atoms with Gasteiger partial charge in [0.15, 0.2) is 0 Å². The Morgan fingerprint density at radius 3 is 2.52 bits per heavy atom. The first-order valence-corrected chi connectivity index (χ1v) is 8.01. The monoisotopic (exact) mass is 295 g/mol. The first-order valence-electron chi connectivity index (χ1n) is 8.01. The number of nitrogens with zero attached hydrogens (tertiary/aromatic N) is 1. The molecule has 1 aromatic carbocycles. The summed E-state index contributed by atoms with van der Waals surface area (Å²) in [6.45, 7) is 6.69. The van der Waals surface area contributed by atoms with Gasteiger partial charge in [-0.2, -0.15) is 0 Å². The standard InChI is InChI=1S/C17H26FNO2/c1-3-5-9-19(10-6-4-2)15-12-21-16-8-7-13(18)11-14(16)17(15)20/h7-8,11,15,17,20H,3-6,9-10,12H2,1-2H3. The summed E-state index contributed by atoms with van der Waals surface area (Å²) in [7, 11) is 0. The van der Waals surface area contributed by atoms with E-state index in [2.05, 4.69) is 18.7 Å². The molecular weight excluding hydrogens is 269 g/mol. The number of benzene rings is 1.